The number of carbonyl (C=O) groups is 1. The molecule has 1 fully saturated rings. The lowest BCUT2D eigenvalue weighted by atomic mass is 10.1. The topological polar surface area (TPSA) is 81.5 Å². The van der Waals surface area contributed by atoms with Crippen molar-refractivity contribution >= 4 is 15.7 Å². The Morgan fingerprint density at radius 2 is 1.90 bits per heavy atom. The summed E-state index contributed by atoms with van der Waals surface area (Å²) in [7, 11) is -4.10. The van der Waals surface area contributed by atoms with Gasteiger partial charge in [-0.15, -0.1) is 6.58 Å². The quantitative estimate of drug-likeness (QED) is 0.255. The maximum atomic E-state index is 14.2. The van der Waals surface area contributed by atoms with E-state index < -0.39 is 39.1 Å². The Morgan fingerprint density at radius 1 is 1.18 bits per heavy atom. The SMILES string of the molecule is C=CCN(Cc1cnc(S(=O)(=O)Cc2ccccc2F)n1C[C@H]1CCCO1)C(=O)c1ccc(C(F)(F)F)cc1. The summed E-state index contributed by atoms with van der Waals surface area (Å²) >= 11 is 0. The van der Waals surface area contributed by atoms with Crippen molar-refractivity contribution in [2.45, 2.75) is 49.1 Å². The molecule has 0 saturated carbocycles. The molecule has 1 atom stereocenters. The summed E-state index contributed by atoms with van der Waals surface area (Å²) in [5.74, 6) is -1.83. The first-order chi connectivity index (χ1) is 18.5. The molecule has 0 radical (unpaired) electrons. The van der Waals surface area contributed by atoms with E-state index in [4.69, 9.17) is 4.74 Å². The van der Waals surface area contributed by atoms with Crippen molar-refractivity contribution in [1.29, 1.82) is 0 Å². The number of amides is 1. The van der Waals surface area contributed by atoms with Gasteiger partial charge in [-0.1, -0.05) is 24.3 Å². The lowest BCUT2D eigenvalue weighted by Gasteiger charge is -2.23. The Bertz CT molecular complexity index is 1430. The number of imidazole rings is 1. The van der Waals surface area contributed by atoms with Crippen LogP contribution in [0.25, 0.3) is 0 Å². The van der Waals surface area contributed by atoms with Gasteiger partial charge in [-0.3, -0.25) is 4.79 Å². The molecule has 0 aliphatic carbocycles. The molecule has 0 spiro atoms. The monoisotopic (exact) mass is 565 g/mol. The minimum absolute atomic E-state index is 0.00326. The minimum atomic E-state index is -4.54. The number of sulfone groups is 1. The van der Waals surface area contributed by atoms with Crippen LogP contribution in [0.2, 0.25) is 0 Å². The first-order valence-electron chi connectivity index (χ1n) is 12.2. The summed E-state index contributed by atoms with van der Waals surface area (Å²) in [6.45, 7) is 4.28. The van der Waals surface area contributed by atoms with Gasteiger partial charge in [-0.2, -0.15) is 13.2 Å². The fraction of sp³-hybridized carbons (Fsp3) is 0.333. The zero-order chi connectivity index (χ0) is 28.2. The van der Waals surface area contributed by atoms with Gasteiger partial charge in [-0.25, -0.2) is 17.8 Å². The molecule has 0 bridgehead atoms. The summed E-state index contributed by atoms with van der Waals surface area (Å²) in [6, 6.07) is 9.40. The molecule has 208 valence electrons. The third kappa shape index (κ3) is 6.74. The summed E-state index contributed by atoms with van der Waals surface area (Å²) in [6.07, 6.45) is -0.523. The van der Waals surface area contributed by atoms with Crippen LogP contribution in [0.15, 0.2) is 72.5 Å². The van der Waals surface area contributed by atoms with Crippen LogP contribution in [0.1, 0.15) is 40.0 Å². The Balaban J connectivity index is 1.65. The third-order valence-corrected chi connectivity index (χ3v) is 7.92. The van der Waals surface area contributed by atoms with Crippen molar-refractivity contribution in [3.8, 4) is 0 Å². The van der Waals surface area contributed by atoms with Gasteiger partial charge in [0.1, 0.15) is 5.82 Å². The largest absolute Gasteiger partial charge is 0.416 e. The second-order valence-electron chi connectivity index (χ2n) is 9.18. The number of nitrogens with zero attached hydrogens (tertiary/aromatic N) is 3. The lowest BCUT2D eigenvalue weighted by molar-refractivity contribution is -0.137. The van der Waals surface area contributed by atoms with E-state index in [1.807, 2.05) is 0 Å². The molecule has 1 aliphatic heterocycles. The number of carbonyl (C=O) groups excluding carboxylic acids is 1. The zero-order valence-electron chi connectivity index (χ0n) is 20.9. The highest BCUT2D eigenvalue weighted by Crippen LogP contribution is 2.29. The number of halogens is 4. The van der Waals surface area contributed by atoms with Crippen LogP contribution in [0.5, 0.6) is 0 Å². The van der Waals surface area contributed by atoms with E-state index in [-0.39, 0.29) is 42.0 Å². The van der Waals surface area contributed by atoms with Crippen molar-refractivity contribution < 1.29 is 35.5 Å². The molecule has 0 N–H and O–H groups in total. The van der Waals surface area contributed by atoms with Crippen LogP contribution in [-0.2, 0) is 39.6 Å². The number of alkyl halides is 3. The number of benzene rings is 2. The van der Waals surface area contributed by atoms with Crippen LogP contribution < -0.4 is 0 Å². The zero-order valence-corrected chi connectivity index (χ0v) is 21.7. The Kier molecular flexibility index (Phi) is 8.55. The highest BCUT2D eigenvalue weighted by atomic mass is 32.2. The minimum Gasteiger partial charge on any atom is -0.376 e. The van der Waals surface area contributed by atoms with E-state index in [2.05, 4.69) is 11.6 Å². The molecule has 2 heterocycles. The Hall–Kier alpha value is -3.51. The number of hydrogen-bond donors (Lipinski definition) is 0. The average molecular weight is 566 g/mol. The maximum Gasteiger partial charge on any atom is 0.416 e. The molecule has 39 heavy (non-hydrogen) atoms. The van der Waals surface area contributed by atoms with Gasteiger partial charge in [0.05, 0.1) is 42.4 Å². The van der Waals surface area contributed by atoms with Gasteiger partial charge < -0.3 is 14.2 Å². The summed E-state index contributed by atoms with van der Waals surface area (Å²) in [4.78, 5) is 18.7. The Labute approximate surface area is 223 Å². The van der Waals surface area contributed by atoms with E-state index in [9.17, 15) is 30.8 Å². The highest BCUT2D eigenvalue weighted by Gasteiger charge is 2.31. The van der Waals surface area contributed by atoms with Crippen molar-refractivity contribution in [2.75, 3.05) is 13.2 Å². The summed E-state index contributed by atoms with van der Waals surface area (Å²) in [5, 5.41) is -0.281. The fourth-order valence-electron chi connectivity index (χ4n) is 4.39. The molecule has 2 aromatic carbocycles. The van der Waals surface area contributed by atoms with E-state index in [0.29, 0.717) is 18.7 Å². The third-order valence-electron chi connectivity index (χ3n) is 6.34. The van der Waals surface area contributed by atoms with Gasteiger partial charge in [0.25, 0.3) is 5.91 Å². The predicted molar refractivity (Wildman–Crippen MR) is 135 cm³/mol. The maximum absolute atomic E-state index is 14.2. The number of rotatable bonds is 10. The standard InChI is InChI=1S/C27H27F4N3O4S/c1-2-13-33(25(35)19-9-11-21(12-10-19)27(29,30)31)16-22-15-32-26(34(22)17-23-7-5-14-38-23)39(36,37)18-20-6-3-4-8-24(20)28/h2-4,6,8-12,15,23H,1,5,7,13-14,16-18H2/t23-/m1/s1. The first-order valence-corrected chi connectivity index (χ1v) is 13.8. The molecule has 7 nitrogen and oxygen atoms in total. The average Bonchev–Trinajstić information content (AvgIpc) is 3.55. The van der Waals surface area contributed by atoms with Gasteiger partial charge in [-0.05, 0) is 43.2 Å². The van der Waals surface area contributed by atoms with Crippen LogP contribution >= 0.6 is 0 Å². The van der Waals surface area contributed by atoms with Gasteiger partial charge in [0, 0.05) is 24.3 Å². The molecule has 4 rings (SSSR count). The first kappa shape index (κ1) is 28.5. The molecule has 1 aliphatic rings. The van der Waals surface area contributed by atoms with Crippen molar-refractivity contribution in [1.82, 2.24) is 14.5 Å². The normalized spacial score (nSPS) is 15.8. The van der Waals surface area contributed by atoms with Gasteiger partial charge in [0.15, 0.2) is 0 Å². The van der Waals surface area contributed by atoms with Crippen LogP contribution in [-0.4, -0.2) is 48.0 Å². The number of aromatic nitrogens is 2. The van der Waals surface area contributed by atoms with E-state index in [1.54, 1.807) is 0 Å². The second-order valence-corrected chi connectivity index (χ2v) is 11.1. The summed E-state index contributed by atoms with van der Waals surface area (Å²) in [5.41, 5.74) is -0.479. The van der Waals surface area contributed by atoms with Gasteiger partial charge >= 0.3 is 6.18 Å². The molecular weight excluding hydrogens is 538 g/mol. The lowest BCUT2D eigenvalue weighted by Crippen LogP contribution is -2.32. The van der Waals surface area contributed by atoms with Crippen LogP contribution in [0.3, 0.4) is 0 Å². The van der Waals surface area contributed by atoms with Crippen molar-refractivity contribution in [2.24, 2.45) is 0 Å². The predicted octanol–water partition coefficient (Wildman–Crippen LogP) is 5.02. The van der Waals surface area contributed by atoms with E-state index in [0.717, 1.165) is 30.7 Å². The number of hydrogen-bond acceptors (Lipinski definition) is 5. The Morgan fingerprint density at radius 3 is 2.51 bits per heavy atom. The van der Waals surface area contributed by atoms with Crippen LogP contribution in [0.4, 0.5) is 17.6 Å². The van der Waals surface area contributed by atoms with E-state index >= 15 is 0 Å². The van der Waals surface area contributed by atoms with Gasteiger partial charge in [0.2, 0.25) is 15.0 Å². The molecule has 1 amide bonds. The van der Waals surface area contributed by atoms with Crippen LogP contribution in [0, 0.1) is 5.82 Å². The fourth-order valence-corrected chi connectivity index (χ4v) is 5.91. The van der Waals surface area contributed by atoms with Crippen molar-refractivity contribution in [3.05, 3.63) is 95.6 Å². The summed E-state index contributed by atoms with van der Waals surface area (Å²) < 4.78 is 87.0. The molecule has 12 heteroatoms. The van der Waals surface area contributed by atoms with Crippen molar-refractivity contribution in [3.63, 3.8) is 0 Å². The molecule has 3 aromatic rings. The molecule has 0 unspecified atom stereocenters. The molecule has 1 saturated heterocycles. The van der Waals surface area contributed by atoms with E-state index in [1.165, 1.54) is 46.0 Å². The molecule has 1 aromatic heterocycles. The smallest absolute Gasteiger partial charge is 0.376 e. The highest BCUT2D eigenvalue weighted by molar-refractivity contribution is 7.90. The second kappa shape index (κ2) is 11.7. The molecular formula is C27H27F4N3O4S. The number of ether oxygens (including phenoxy) is 1.